The van der Waals surface area contributed by atoms with Gasteiger partial charge < -0.3 is 10.1 Å². The lowest BCUT2D eigenvalue weighted by Crippen LogP contribution is -2.33. The smallest absolute Gasteiger partial charge is 0.306 e. The monoisotopic (exact) mass is 253 g/mol. The molecular formula is C15H27NO2. The first-order valence-electron chi connectivity index (χ1n) is 7.55. The molecule has 1 aliphatic carbocycles. The Balaban J connectivity index is 1.70. The van der Waals surface area contributed by atoms with Crippen LogP contribution in [0.4, 0.5) is 0 Å². The summed E-state index contributed by atoms with van der Waals surface area (Å²) in [6, 6.07) is 0. The van der Waals surface area contributed by atoms with E-state index >= 15 is 0 Å². The van der Waals surface area contributed by atoms with E-state index in [1.165, 1.54) is 19.3 Å². The van der Waals surface area contributed by atoms with Crippen LogP contribution in [0.15, 0.2) is 0 Å². The van der Waals surface area contributed by atoms with Crippen molar-refractivity contribution in [3.63, 3.8) is 0 Å². The summed E-state index contributed by atoms with van der Waals surface area (Å²) in [5, 5.41) is 3.35. The average Bonchev–Trinajstić information content (AvgIpc) is 2.35. The number of hydrogen-bond acceptors (Lipinski definition) is 3. The number of nitrogens with one attached hydrogen (secondary N) is 1. The van der Waals surface area contributed by atoms with Crippen molar-refractivity contribution in [3.8, 4) is 0 Å². The summed E-state index contributed by atoms with van der Waals surface area (Å²) in [4.78, 5) is 11.9. The molecule has 0 bridgehead atoms. The fraction of sp³-hybridized carbons (Fsp3) is 0.933. The van der Waals surface area contributed by atoms with Crippen LogP contribution < -0.4 is 5.32 Å². The highest BCUT2D eigenvalue weighted by molar-refractivity contribution is 5.70. The van der Waals surface area contributed by atoms with Crippen molar-refractivity contribution in [1.82, 2.24) is 5.32 Å². The van der Waals surface area contributed by atoms with E-state index in [0.29, 0.717) is 18.3 Å². The Morgan fingerprint density at radius 2 is 2.06 bits per heavy atom. The summed E-state index contributed by atoms with van der Waals surface area (Å²) in [7, 11) is 0. The van der Waals surface area contributed by atoms with Gasteiger partial charge in [0.05, 0.1) is 0 Å². The lowest BCUT2D eigenvalue weighted by atomic mass is 9.80. The van der Waals surface area contributed by atoms with Crippen LogP contribution in [0.1, 0.15) is 52.4 Å². The third-order valence-corrected chi connectivity index (χ3v) is 4.70. The zero-order chi connectivity index (χ0) is 13.0. The SMILES string of the molecule is CC1CCC(OC(=O)CC2CCCNC2)CC1C. The van der Waals surface area contributed by atoms with Crippen molar-refractivity contribution >= 4 is 5.97 Å². The van der Waals surface area contributed by atoms with Gasteiger partial charge in [-0.05, 0) is 62.9 Å². The number of piperidine rings is 1. The third kappa shape index (κ3) is 3.98. The topological polar surface area (TPSA) is 38.3 Å². The van der Waals surface area contributed by atoms with Gasteiger partial charge in [0.15, 0.2) is 0 Å². The maximum absolute atomic E-state index is 11.9. The zero-order valence-corrected chi connectivity index (χ0v) is 11.8. The van der Waals surface area contributed by atoms with Gasteiger partial charge in [0, 0.05) is 6.42 Å². The van der Waals surface area contributed by atoms with Crippen LogP contribution in [0, 0.1) is 17.8 Å². The van der Waals surface area contributed by atoms with Gasteiger partial charge in [0.1, 0.15) is 6.10 Å². The van der Waals surface area contributed by atoms with Crippen LogP contribution in [0.3, 0.4) is 0 Å². The molecule has 0 amide bonds. The van der Waals surface area contributed by atoms with E-state index in [1.54, 1.807) is 0 Å². The van der Waals surface area contributed by atoms with E-state index in [0.717, 1.165) is 31.8 Å². The van der Waals surface area contributed by atoms with Crippen molar-refractivity contribution in [1.29, 1.82) is 0 Å². The quantitative estimate of drug-likeness (QED) is 0.786. The fourth-order valence-electron chi connectivity index (χ4n) is 3.17. The van der Waals surface area contributed by atoms with E-state index < -0.39 is 0 Å². The van der Waals surface area contributed by atoms with Gasteiger partial charge in [0.25, 0.3) is 0 Å². The van der Waals surface area contributed by atoms with Crippen LogP contribution in [0.25, 0.3) is 0 Å². The number of hydrogen-bond donors (Lipinski definition) is 1. The van der Waals surface area contributed by atoms with Gasteiger partial charge in [0.2, 0.25) is 0 Å². The summed E-state index contributed by atoms with van der Waals surface area (Å²) in [5.41, 5.74) is 0. The maximum atomic E-state index is 11.9. The molecule has 2 fully saturated rings. The lowest BCUT2D eigenvalue weighted by Gasteiger charge is -2.32. The molecule has 0 aromatic heterocycles. The predicted octanol–water partition coefficient (Wildman–Crippen LogP) is 2.74. The standard InChI is InChI=1S/C15H27NO2/c1-11-5-6-14(8-12(11)2)18-15(17)9-13-4-3-7-16-10-13/h11-14,16H,3-10H2,1-2H3. The van der Waals surface area contributed by atoms with E-state index in [4.69, 9.17) is 4.74 Å². The Kier molecular flexibility index (Phi) is 5.04. The first-order valence-corrected chi connectivity index (χ1v) is 7.55. The van der Waals surface area contributed by atoms with Crippen LogP contribution in [-0.2, 0) is 9.53 Å². The number of carbonyl (C=O) groups excluding carboxylic acids is 1. The minimum absolute atomic E-state index is 0.0236. The average molecular weight is 253 g/mol. The molecule has 0 aromatic carbocycles. The van der Waals surface area contributed by atoms with Gasteiger partial charge >= 0.3 is 5.97 Å². The van der Waals surface area contributed by atoms with Gasteiger partial charge in [-0.3, -0.25) is 4.79 Å². The number of ether oxygens (including phenoxy) is 1. The summed E-state index contributed by atoms with van der Waals surface area (Å²) in [6.45, 7) is 6.66. The first-order chi connectivity index (χ1) is 8.65. The van der Waals surface area contributed by atoms with Crippen LogP contribution in [-0.4, -0.2) is 25.2 Å². The summed E-state index contributed by atoms with van der Waals surface area (Å²) in [6.07, 6.45) is 6.45. The molecule has 0 radical (unpaired) electrons. The molecular weight excluding hydrogens is 226 g/mol. The first kappa shape index (κ1) is 13.9. The Bertz CT molecular complexity index is 274. The molecule has 18 heavy (non-hydrogen) atoms. The van der Waals surface area contributed by atoms with E-state index in [2.05, 4.69) is 19.2 Å². The number of rotatable bonds is 3. The molecule has 2 aliphatic rings. The zero-order valence-electron chi connectivity index (χ0n) is 11.8. The van der Waals surface area contributed by atoms with Crippen molar-refractivity contribution in [2.24, 2.45) is 17.8 Å². The molecule has 3 nitrogen and oxygen atoms in total. The Morgan fingerprint density at radius 3 is 2.72 bits per heavy atom. The van der Waals surface area contributed by atoms with Gasteiger partial charge in [-0.25, -0.2) is 0 Å². The van der Waals surface area contributed by atoms with Gasteiger partial charge in [-0.15, -0.1) is 0 Å². The van der Waals surface area contributed by atoms with Gasteiger partial charge in [-0.2, -0.15) is 0 Å². The molecule has 4 unspecified atom stereocenters. The van der Waals surface area contributed by atoms with Crippen molar-refractivity contribution in [3.05, 3.63) is 0 Å². The Hall–Kier alpha value is -0.570. The molecule has 1 N–H and O–H groups in total. The maximum Gasteiger partial charge on any atom is 0.306 e. The lowest BCUT2D eigenvalue weighted by molar-refractivity contribution is -0.153. The molecule has 2 rings (SSSR count). The highest BCUT2D eigenvalue weighted by Crippen LogP contribution is 2.31. The summed E-state index contributed by atoms with van der Waals surface area (Å²) < 4.78 is 5.65. The molecule has 0 spiro atoms. The van der Waals surface area contributed by atoms with Crippen molar-refractivity contribution in [2.45, 2.75) is 58.5 Å². The summed E-state index contributed by atoms with van der Waals surface area (Å²) >= 11 is 0. The van der Waals surface area contributed by atoms with E-state index in [9.17, 15) is 4.79 Å². The normalized spacial score (nSPS) is 37.2. The fourth-order valence-corrected chi connectivity index (χ4v) is 3.17. The van der Waals surface area contributed by atoms with Crippen LogP contribution >= 0.6 is 0 Å². The second kappa shape index (κ2) is 6.55. The third-order valence-electron chi connectivity index (χ3n) is 4.70. The molecule has 3 heteroatoms. The van der Waals surface area contributed by atoms with Crippen molar-refractivity contribution in [2.75, 3.05) is 13.1 Å². The number of esters is 1. The molecule has 0 aromatic rings. The largest absolute Gasteiger partial charge is 0.462 e. The van der Waals surface area contributed by atoms with Crippen LogP contribution in [0.2, 0.25) is 0 Å². The minimum Gasteiger partial charge on any atom is -0.462 e. The minimum atomic E-state index is 0.0236. The number of carbonyl (C=O) groups is 1. The van der Waals surface area contributed by atoms with Crippen molar-refractivity contribution < 1.29 is 9.53 Å². The molecule has 1 saturated carbocycles. The van der Waals surface area contributed by atoms with E-state index in [1.807, 2.05) is 0 Å². The highest BCUT2D eigenvalue weighted by atomic mass is 16.5. The molecule has 4 atom stereocenters. The second-order valence-electron chi connectivity index (χ2n) is 6.30. The molecule has 104 valence electrons. The van der Waals surface area contributed by atoms with Crippen LogP contribution in [0.5, 0.6) is 0 Å². The Morgan fingerprint density at radius 1 is 1.22 bits per heavy atom. The molecule has 1 heterocycles. The Labute approximate surface area is 111 Å². The summed E-state index contributed by atoms with van der Waals surface area (Å²) in [5.74, 6) is 1.98. The molecule has 1 saturated heterocycles. The highest BCUT2D eigenvalue weighted by Gasteiger charge is 2.27. The van der Waals surface area contributed by atoms with Gasteiger partial charge in [-0.1, -0.05) is 13.8 Å². The van der Waals surface area contributed by atoms with E-state index in [-0.39, 0.29) is 12.1 Å². The second-order valence-corrected chi connectivity index (χ2v) is 6.30. The molecule has 1 aliphatic heterocycles. The predicted molar refractivity (Wildman–Crippen MR) is 72.3 cm³/mol.